The Morgan fingerprint density at radius 2 is 1.54 bits per heavy atom. The maximum atomic E-state index is 12.3. The quantitative estimate of drug-likeness (QED) is 0.692. The summed E-state index contributed by atoms with van der Waals surface area (Å²) in [6.07, 6.45) is -0.238. The maximum absolute atomic E-state index is 12.3. The summed E-state index contributed by atoms with van der Waals surface area (Å²) in [6, 6.07) is 0. The average Bonchev–Trinajstić information content (AvgIpc) is 2.77. The van der Waals surface area contributed by atoms with Crippen LogP contribution in [0.3, 0.4) is 0 Å². The van der Waals surface area contributed by atoms with Gasteiger partial charge >= 0.3 is 6.09 Å². The Labute approximate surface area is 149 Å². The van der Waals surface area contributed by atoms with Gasteiger partial charge in [-0.25, -0.2) is 4.79 Å². The third-order valence-electron chi connectivity index (χ3n) is 5.07. The molecule has 0 aromatic carbocycles. The van der Waals surface area contributed by atoms with Crippen molar-refractivity contribution in [3.05, 3.63) is 0 Å². The van der Waals surface area contributed by atoms with E-state index in [4.69, 9.17) is 13.9 Å². The molecule has 0 saturated carbocycles. The van der Waals surface area contributed by atoms with Gasteiger partial charge in [0.05, 0.1) is 6.61 Å². The summed E-state index contributed by atoms with van der Waals surface area (Å²) in [6.45, 7) is 19.6. The molecule has 1 aliphatic heterocycles. The van der Waals surface area contributed by atoms with Gasteiger partial charge in [0.15, 0.2) is 8.32 Å². The van der Waals surface area contributed by atoms with Crippen LogP contribution in [0.1, 0.15) is 41.5 Å². The lowest BCUT2D eigenvalue weighted by molar-refractivity contribution is 0.0277. The number of rotatable bonds is 5. The lowest BCUT2D eigenvalue weighted by Gasteiger charge is -2.37. The molecule has 0 aromatic rings. The van der Waals surface area contributed by atoms with Crippen LogP contribution in [0.2, 0.25) is 18.1 Å². The van der Waals surface area contributed by atoms with Crippen LogP contribution in [0.4, 0.5) is 4.79 Å². The van der Waals surface area contributed by atoms with Crippen LogP contribution in [0.15, 0.2) is 0 Å². The summed E-state index contributed by atoms with van der Waals surface area (Å²) in [4.78, 5) is 14.1. The fourth-order valence-electron chi connectivity index (χ4n) is 2.54. The third kappa shape index (κ3) is 6.04. The molecular formula is C18H37NO4Si. The van der Waals surface area contributed by atoms with Gasteiger partial charge in [0.2, 0.25) is 0 Å². The molecule has 0 radical (unpaired) electrons. The summed E-state index contributed by atoms with van der Waals surface area (Å²) >= 11 is 0. The van der Waals surface area contributed by atoms with E-state index in [1.54, 1.807) is 12.0 Å². The van der Waals surface area contributed by atoms with E-state index >= 15 is 0 Å². The van der Waals surface area contributed by atoms with Crippen molar-refractivity contribution < 1.29 is 18.7 Å². The standard InChI is InChI=1S/C18H37NO4Si/c1-17(2,3)23-16(20)19-10-14(12-21-7)15(11-19)13-22-24(8,9)18(4,5)6/h14-15H,10-13H2,1-9H3. The van der Waals surface area contributed by atoms with Gasteiger partial charge in [0, 0.05) is 38.6 Å². The second-order valence-corrected chi connectivity index (χ2v) is 14.2. The molecule has 0 N–H and O–H groups in total. The number of nitrogens with zero attached hydrogens (tertiary/aromatic N) is 1. The minimum Gasteiger partial charge on any atom is -0.444 e. The molecule has 24 heavy (non-hydrogen) atoms. The van der Waals surface area contributed by atoms with Crippen LogP contribution in [-0.4, -0.2) is 58.3 Å². The molecule has 1 aliphatic rings. The molecule has 0 aromatic heterocycles. The molecule has 0 spiro atoms. The van der Waals surface area contributed by atoms with Gasteiger partial charge in [0.1, 0.15) is 5.60 Å². The molecule has 2 atom stereocenters. The monoisotopic (exact) mass is 359 g/mol. The van der Waals surface area contributed by atoms with E-state index in [9.17, 15) is 4.79 Å². The summed E-state index contributed by atoms with van der Waals surface area (Å²) in [5.74, 6) is 0.596. The van der Waals surface area contributed by atoms with Gasteiger partial charge in [-0.05, 0) is 38.9 Å². The van der Waals surface area contributed by atoms with Crippen molar-refractivity contribution in [2.24, 2.45) is 11.8 Å². The second-order valence-electron chi connectivity index (χ2n) is 9.43. The smallest absolute Gasteiger partial charge is 0.410 e. The lowest BCUT2D eigenvalue weighted by Crippen LogP contribution is -2.43. The first-order valence-electron chi connectivity index (χ1n) is 8.87. The Morgan fingerprint density at radius 1 is 1.04 bits per heavy atom. The number of amides is 1. The molecule has 1 saturated heterocycles. The minimum absolute atomic E-state index is 0.188. The fraction of sp³-hybridized carbons (Fsp3) is 0.944. The SMILES string of the molecule is COCC1CN(C(=O)OC(C)(C)C)CC1CO[Si](C)(C)C(C)(C)C. The van der Waals surface area contributed by atoms with E-state index in [0.717, 1.165) is 0 Å². The highest BCUT2D eigenvalue weighted by molar-refractivity contribution is 6.74. The summed E-state index contributed by atoms with van der Waals surface area (Å²) in [5, 5.41) is 0.188. The van der Waals surface area contributed by atoms with E-state index in [-0.39, 0.29) is 11.1 Å². The molecule has 1 heterocycles. The molecular weight excluding hydrogens is 322 g/mol. The zero-order valence-electron chi connectivity index (χ0n) is 17.1. The number of hydrogen-bond donors (Lipinski definition) is 0. The Bertz CT molecular complexity index is 426. The second kappa shape index (κ2) is 7.75. The van der Waals surface area contributed by atoms with E-state index in [1.807, 2.05) is 20.8 Å². The van der Waals surface area contributed by atoms with Crippen molar-refractivity contribution >= 4 is 14.4 Å². The van der Waals surface area contributed by atoms with Crippen LogP contribution in [-0.2, 0) is 13.9 Å². The zero-order valence-corrected chi connectivity index (χ0v) is 18.1. The first-order valence-corrected chi connectivity index (χ1v) is 11.8. The van der Waals surface area contributed by atoms with Crippen molar-refractivity contribution in [2.45, 2.75) is 65.3 Å². The molecule has 0 aliphatic carbocycles. The molecule has 1 amide bonds. The van der Waals surface area contributed by atoms with Crippen LogP contribution in [0.25, 0.3) is 0 Å². The fourth-order valence-corrected chi connectivity index (χ4v) is 3.60. The molecule has 0 bridgehead atoms. The number of hydrogen-bond acceptors (Lipinski definition) is 4. The van der Waals surface area contributed by atoms with Gasteiger partial charge in [-0.15, -0.1) is 0 Å². The van der Waals surface area contributed by atoms with E-state index < -0.39 is 13.9 Å². The molecule has 2 unspecified atom stereocenters. The van der Waals surface area contributed by atoms with E-state index in [1.165, 1.54) is 0 Å². The van der Waals surface area contributed by atoms with Crippen LogP contribution >= 0.6 is 0 Å². The number of ether oxygens (including phenoxy) is 2. The number of likely N-dealkylation sites (tertiary alicyclic amines) is 1. The highest BCUT2D eigenvalue weighted by atomic mass is 28.4. The summed E-state index contributed by atoms with van der Waals surface area (Å²) in [5.41, 5.74) is -0.469. The average molecular weight is 360 g/mol. The van der Waals surface area contributed by atoms with E-state index in [0.29, 0.717) is 38.1 Å². The normalized spacial score (nSPS) is 22.8. The van der Waals surface area contributed by atoms with Crippen molar-refractivity contribution in [3.8, 4) is 0 Å². The number of methoxy groups -OCH3 is 1. The van der Waals surface area contributed by atoms with Gasteiger partial charge < -0.3 is 18.8 Å². The van der Waals surface area contributed by atoms with Crippen LogP contribution in [0, 0.1) is 11.8 Å². The van der Waals surface area contributed by atoms with Gasteiger partial charge in [-0.1, -0.05) is 20.8 Å². The molecule has 142 valence electrons. The molecule has 6 heteroatoms. The highest BCUT2D eigenvalue weighted by Crippen LogP contribution is 2.37. The minimum atomic E-state index is -1.79. The maximum Gasteiger partial charge on any atom is 0.410 e. The van der Waals surface area contributed by atoms with Crippen LogP contribution in [0.5, 0.6) is 0 Å². The molecule has 1 rings (SSSR count). The van der Waals surface area contributed by atoms with Gasteiger partial charge in [-0.3, -0.25) is 0 Å². The van der Waals surface area contributed by atoms with Crippen molar-refractivity contribution in [2.75, 3.05) is 33.4 Å². The third-order valence-corrected chi connectivity index (χ3v) is 9.57. The van der Waals surface area contributed by atoms with Crippen LogP contribution < -0.4 is 0 Å². The predicted octanol–water partition coefficient (Wildman–Crippen LogP) is 4.14. The van der Waals surface area contributed by atoms with Gasteiger partial charge in [-0.2, -0.15) is 0 Å². The molecule has 5 nitrogen and oxygen atoms in total. The van der Waals surface area contributed by atoms with Gasteiger partial charge in [0.25, 0.3) is 0 Å². The number of carbonyl (C=O) groups is 1. The Kier molecular flexibility index (Phi) is 6.92. The highest BCUT2D eigenvalue weighted by Gasteiger charge is 2.41. The largest absolute Gasteiger partial charge is 0.444 e. The van der Waals surface area contributed by atoms with Crippen molar-refractivity contribution in [3.63, 3.8) is 0 Å². The predicted molar refractivity (Wildman–Crippen MR) is 99.8 cm³/mol. The lowest BCUT2D eigenvalue weighted by atomic mass is 9.98. The first-order chi connectivity index (χ1) is 10.8. The summed E-state index contributed by atoms with van der Waals surface area (Å²) in [7, 11) is -0.0777. The Morgan fingerprint density at radius 3 is 1.96 bits per heavy atom. The van der Waals surface area contributed by atoms with E-state index in [2.05, 4.69) is 33.9 Å². The van der Waals surface area contributed by atoms with Crippen molar-refractivity contribution in [1.29, 1.82) is 0 Å². The Hall–Kier alpha value is -0.593. The topological polar surface area (TPSA) is 48.0 Å². The number of carbonyl (C=O) groups excluding carboxylic acids is 1. The summed E-state index contributed by atoms with van der Waals surface area (Å²) < 4.78 is 17.3. The first kappa shape index (κ1) is 21.4. The Balaban J connectivity index is 2.70. The van der Waals surface area contributed by atoms with Crippen molar-refractivity contribution in [1.82, 2.24) is 4.90 Å². The zero-order chi connectivity index (χ0) is 18.8. The molecule has 1 fully saturated rings.